The van der Waals surface area contributed by atoms with Gasteiger partial charge >= 0.3 is 11.7 Å². The number of aromatic nitrogens is 2. The molecule has 0 fully saturated rings. The quantitative estimate of drug-likeness (QED) is 0.301. The minimum absolute atomic E-state index is 0.0861. The molecule has 0 saturated carbocycles. The third-order valence-electron chi connectivity index (χ3n) is 3.63. The van der Waals surface area contributed by atoms with Gasteiger partial charge in [0.05, 0.1) is 29.6 Å². The van der Waals surface area contributed by atoms with Gasteiger partial charge in [0.2, 0.25) is 11.2 Å². The Kier molecular flexibility index (Phi) is 4.70. The number of aryl methyl sites for hydroxylation is 1. The summed E-state index contributed by atoms with van der Waals surface area (Å²) in [6.45, 7) is 0.0861. The highest BCUT2D eigenvalue weighted by molar-refractivity contribution is 5.78. The lowest BCUT2D eigenvalue weighted by Crippen LogP contribution is -2.17. The summed E-state index contributed by atoms with van der Waals surface area (Å²) >= 11 is 0. The Balaban J connectivity index is 1.77. The van der Waals surface area contributed by atoms with Crippen molar-refractivity contribution in [2.75, 3.05) is 0 Å². The predicted octanol–water partition coefficient (Wildman–Crippen LogP) is 2.44. The second-order valence-corrected chi connectivity index (χ2v) is 5.34. The molecule has 0 radical (unpaired) electrons. The Morgan fingerprint density at radius 3 is 2.81 bits per heavy atom. The van der Waals surface area contributed by atoms with Crippen LogP contribution in [0.4, 0.5) is 10.1 Å². The SMILES string of the molecule is O=C(CCn1ncc(=O)c2ccccc21)Oc1cc(F)ccc1[N+](=O)[O-]. The fraction of sp³-hybridized carbons (Fsp3) is 0.118. The van der Waals surface area contributed by atoms with Crippen LogP contribution in [-0.2, 0) is 11.3 Å². The Morgan fingerprint density at radius 2 is 2.04 bits per heavy atom. The molecule has 0 aliphatic heterocycles. The van der Waals surface area contributed by atoms with Crippen molar-refractivity contribution in [1.29, 1.82) is 0 Å². The number of benzene rings is 2. The zero-order chi connectivity index (χ0) is 18.7. The second kappa shape index (κ2) is 7.09. The van der Waals surface area contributed by atoms with Crippen LogP contribution >= 0.6 is 0 Å². The Hall–Kier alpha value is -3.62. The van der Waals surface area contributed by atoms with E-state index < -0.39 is 28.1 Å². The van der Waals surface area contributed by atoms with Crippen molar-refractivity contribution in [2.45, 2.75) is 13.0 Å². The van der Waals surface area contributed by atoms with Crippen LogP contribution in [0.5, 0.6) is 5.75 Å². The molecule has 9 heteroatoms. The van der Waals surface area contributed by atoms with Crippen LogP contribution < -0.4 is 10.2 Å². The Morgan fingerprint density at radius 1 is 1.27 bits per heavy atom. The highest BCUT2D eigenvalue weighted by Gasteiger charge is 2.19. The zero-order valence-corrected chi connectivity index (χ0v) is 13.3. The zero-order valence-electron chi connectivity index (χ0n) is 13.3. The van der Waals surface area contributed by atoms with Gasteiger partial charge in [-0.25, -0.2) is 4.39 Å². The number of nitro benzene ring substituents is 1. The maximum Gasteiger partial charge on any atom is 0.313 e. The van der Waals surface area contributed by atoms with Crippen molar-refractivity contribution in [1.82, 2.24) is 9.78 Å². The first-order chi connectivity index (χ1) is 12.5. The number of hydrogen-bond acceptors (Lipinski definition) is 6. The van der Waals surface area contributed by atoms with E-state index in [9.17, 15) is 24.1 Å². The smallest absolute Gasteiger partial charge is 0.313 e. The van der Waals surface area contributed by atoms with Gasteiger partial charge < -0.3 is 4.74 Å². The first-order valence-electron chi connectivity index (χ1n) is 7.55. The molecule has 0 N–H and O–H groups in total. The normalized spacial score (nSPS) is 10.7. The summed E-state index contributed by atoms with van der Waals surface area (Å²) in [7, 11) is 0. The lowest BCUT2D eigenvalue weighted by molar-refractivity contribution is -0.385. The highest BCUT2D eigenvalue weighted by Crippen LogP contribution is 2.27. The van der Waals surface area contributed by atoms with Crippen LogP contribution in [0.3, 0.4) is 0 Å². The fourth-order valence-electron chi connectivity index (χ4n) is 2.43. The molecule has 0 atom stereocenters. The number of carbonyl (C=O) groups excluding carboxylic acids is 1. The third-order valence-corrected chi connectivity index (χ3v) is 3.63. The number of hydrogen-bond donors (Lipinski definition) is 0. The Bertz CT molecular complexity index is 1060. The topological polar surface area (TPSA) is 104 Å². The molecule has 0 unspecified atom stereocenters. The van der Waals surface area contributed by atoms with Gasteiger partial charge in [-0.3, -0.25) is 24.4 Å². The standard InChI is InChI=1S/C17H12FN3O5/c18-11-5-6-14(21(24)25)16(9-11)26-17(23)7-8-20-13-4-2-1-3-12(13)15(22)10-19-20/h1-6,9-10H,7-8H2. The molecule has 1 heterocycles. The molecule has 3 aromatic rings. The van der Waals surface area contributed by atoms with E-state index in [-0.39, 0.29) is 18.4 Å². The van der Waals surface area contributed by atoms with Gasteiger partial charge in [-0.2, -0.15) is 5.10 Å². The van der Waals surface area contributed by atoms with E-state index in [1.807, 2.05) is 0 Å². The second-order valence-electron chi connectivity index (χ2n) is 5.34. The number of para-hydroxylation sites is 1. The largest absolute Gasteiger partial charge is 0.419 e. The van der Waals surface area contributed by atoms with Crippen LogP contribution in [0.15, 0.2) is 53.5 Å². The maximum absolute atomic E-state index is 13.3. The minimum atomic E-state index is -0.789. The number of fused-ring (bicyclic) bond motifs is 1. The average Bonchev–Trinajstić information content (AvgIpc) is 2.61. The van der Waals surface area contributed by atoms with Crippen LogP contribution in [0.25, 0.3) is 10.9 Å². The molecular formula is C17H12FN3O5. The van der Waals surface area contributed by atoms with Crippen LogP contribution in [-0.4, -0.2) is 20.7 Å². The molecule has 3 rings (SSSR count). The van der Waals surface area contributed by atoms with Crippen molar-refractivity contribution < 1.29 is 18.8 Å². The molecule has 8 nitrogen and oxygen atoms in total. The number of carbonyl (C=O) groups is 1. The van der Waals surface area contributed by atoms with E-state index in [2.05, 4.69) is 5.10 Å². The summed E-state index contributed by atoms with van der Waals surface area (Å²) in [5.74, 6) is -2.01. The molecule has 2 aromatic carbocycles. The molecular weight excluding hydrogens is 345 g/mol. The van der Waals surface area contributed by atoms with E-state index in [1.54, 1.807) is 24.3 Å². The number of esters is 1. The molecule has 0 bridgehead atoms. The lowest BCUT2D eigenvalue weighted by Gasteiger charge is -2.09. The molecule has 0 amide bonds. The summed E-state index contributed by atoms with van der Waals surface area (Å²) in [6, 6.07) is 9.39. The minimum Gasteiger partial charge on any atom is -0.419 e. The van der Waals surface area contributed by atoms with Gasteiger partial charge in [0.1, 0.15) is 5.82 Å². The van der Waals surface area contributed by atoms with E-state index in [1.165, 1.54) is 4.68 Å². The van der Waals surface area contributed by atoms with Crippen LogP contribution in [0.1, 0.15) is 6.42 Å². The number of nitrogens with zero attached hydrogens (tertiary/aromatic N) is 3. The first kappa shape index (κ1) is 17.2. The van der Waals surface area contributed by atoms with Crippen LogP contribution in [0.2, 0.25) is 0 Å². The van der Waals surface area contributed by atoms with E-state index >= 15 is 0 Å². The van der Waals surface area contributed by atoms with Gasteiger partial charge in [-0.1, -0.05) is 12.1 Å². The summed E-state index contributed by atoms with van der Waals surface area (Å²) in [4.78, 5) is 33.9. The molecule has 0 aliphatic rings. The molecule has 0 aliphatic carbocycles. The third kappa shape index (κ3) is 3.56. The summed E-state index contributed by atoms with van der Waals surface area (Å²) < 4.78 is 19.6. The molecule has 132 valence electrons. The van der Waals surface area contributed by atoms with E-state index in [0.29, 0.717) is 10.9 Å². The van der Waals surface area contributed by atoms with Crippen molar-refractivity contribution >= 4 is 22.6 Å². The van der Waals surface area contributed by atoms with Crippen molar-refractivity contribution in [3.8, 4) is 5.75 Å². The first-order valence-corrected chi connectivity index (χ1v) is 7.55. The van der Waals surface area contributed by atoms with Gasteiger partial charge in [0, 0.05) is 17.5 Å². The number of rotatable bonds is 5. The average molecular weight is 357 g/mol. The van der Waals surface area contributed by atoms with E-state index in [0.717, 1.165) is 24.4 Å². The molecule has 1 aromatic heterocycles. The number of halogens is 1. The van der Waals surface area contributed by atoms with Gasteiger partial charge in [-0.05, 0) is 18.2 Å². The van der Waals surface area contributed by atoms with Crippen molar-refractivity contribution in [2.24, 2.45) is 0 Å². The van der Waals surface area contributed by atoms with Gasteiger partial charge in [-0.15, -0.1) is 0 Å². The van der Waals surface area contributed by atoms with Crippen LogP contribution in [0, 0.1) is 15.9 Å². The predicted molar refractivity (Wildman–Crippen MR) is 89.3 cm³/mol. The highest BCUT2D eigenvalue weighted by atomic mass is 19.1. The number of nitro groups is 1. The molecule has 0 spiro atoms. The monoisotopic (exact) mass is 357 g/mol. The molecule has 26 heavy (non-hydrogen) atoms. The van der Waals surface area contributed by atoms with Crippen molar-refractivity contribution in [3.05, 3.63) is 74.8 Å². The van der Waals surface area contributed by atoms with Gasteiger partial charge in [0.25, 0.3) is 0 Å². The van der Waals surface area contributed by atoms with Gasteiger partial charge in [0.15, 0.2) is 0 Å². The Labute approximate surface area is 145 Å². The lowest BCUT2D eigenvalue weighted by atomic mass is 10.2. The number of ether oxygens (including phenoxy) is 1. The van der Waals surface area contributed by atoms with E-state index in [4.69, 9.17) is 4.74 Å². The summed E-state index contributed by atoms with van der Waals surface area (Å²) in [6.07, 6.45) is 0.971. The maximum atomic E-state index is 13.3. The molecule has 0 saturated heterocycles. The fourth-order valence-corrected chi connectivity index (χ4v) is 2.43. The summed E-state index contributed by atoms with van der Waals surface area (Å²) in [5.41, 5.74) is -0.203. The summed E-state index contributed by atoms with van der Waals surface area (Å²) in [5, 5.41) is 15.3. The van der Waals surface area contributed by atoms with Crippen molar-refractivity contribution in [3.63, 3.8) is 0 Å².